The zero-order valence-electron chi connectivity index (χ0n) is 14.9. The van der Waals surface area contributed by atoms with Gasteiger partial charge in [-0.05, 0) is 42.3 Å². The summed E-state index contributed by atoms with van der Waals surface area (Å²) < 4.78 is 1.80. The Balaban J connectivity index is 1.67. The van der Waals surface area contributed by atoms with Gasteiger partial charge in [0.15, 0.2) is 0 Å². The number of para-hydroxylation sites is 1. The van der Waals surface area contributed by atoms with Crippen molar-refractivity contribution in [1.29, 1.82) is 0 Å². The van der Waals surface area contributed by atoms with Crippen LogP contribution in [0.25, 0.3) is 16.3 Å². The first-order chi connectivity index (χ1) is 12.7. The fourth-order valence-electron chi connectivity index (χ4n) is 3.63. The molecule has 0 bridgehead atoms. The summed E-state index contributed by atoms with van der Waals surface area (Å²) in [5.74, 6) is 0.511. The number of hydrogen-bond acceptors (Lipinski definition) is 3. The van der Waals surface area contributed by atoms with E-state index >= 15 is 0 Å². The molecule has 1 aromatic carbocycles. The zero-order chi connectivity index (χ0) is 17.9. The molecule has 0 aliphatic heterocycles. The van der Waals surface area contributed by atoms with Crippen LogP contribution in [0.3, 0.4) is 0 Å². The van der Waals surface area contributed by atoms with Gasteiger partial charge in [-0.1, -0.05) is 44.0 Å². The second-order valence-electron chi connectivity index (χ2n) is 6.99. The molecule has 1 aliphatic carbocycles. The summed E-state index contributed by atoms with van der Waals surface area (Å²) in [5.41, 5.74) is 2.36. The highest BCUT2D eigenvalue weighted by molar-refractivity contribution is 7.13. The number of rotatable bonds is 4. The number of nitrogens with zero attached hydrogens (tertiary/aromatic N) is 2. The molecule has 0 unspecified atom stereocenters. The largest absolute Gasteiger partial charge is 0.349 e. The third kappa shape index (κ3) is 3.44. The van der Waals surface area contributed by atoms with Crippen molar-refractivity contribution in [3.8, 4) is 16.3 Å². The topological polar surface area (TPSA) is 46.9 Å². The molecule has 134 valence electrons. The molecule has 4 rings (SSSR count). The molecule has 2 heterocycles. The summed E-state index contributed by atoms with van der Waals surface area (Å²) in [4.78, 5) is 14.1. The summed E-state index contributed by atoms with van der Waals surface area (Å²) >= 11 is 1.61. The number of carbonyl (C=O) groups excluding carboxylic acids is 1. The Morgan fingerprint density at radius 3 is 2.69 bits per heavy atom. The maximum Gasteiger partial charge on any atom is 0.255 e. The third-order valence-electron chi connectivity index (χ3n) is 5.16. The highest BCUT2D eigenvalue weighted by atomic mass is 32.1. The van der Waals surface area contributed by atoms with Crippen LogP contribution in [0.5, 0.6) is 0 Å². The number of amides is 1. The summed E-state index contributed by atoms with van der Waals surface area (Å²) in [5, 5.41) is 10.0. The van der Waals surface area contributed by atoms with Crippen LogP contribution in [0.1, 0.15) is 43.0 Å². The average molecular weight is 366 g/mol. The van der Waals surface area contributed by atoms with E-state index in [4.69, 9.17) is 5.10 Å². The number of carbonyl (C=O) groups is 1. The molecule has 0 saturated heterocycles. The van der Waals surface area contributed by atoms with Gasteiger partial charge in [0.1, 0.15) is 5.69 Å². The highest BCUT2D eigenvalue weighted by Crippen LogP contribution is 2.29. The summed E-state index contributed by atoms with van der Waals surface area (Å²) in [6.45, 7) is 2.23. The van der Waals surface area contributed by atoms with E-state index in [0.29, 0.717) is 11.5 Å². The van der Waals surface area contributed by atoms with Crippen LogP contribution < -0.4 is 5.32 Å². The normalized spacial score (nSPS) is 20.0. The predicted octanol–water partition coefficient (Wildman–Crippen LogP) is 4.91. The Kier molecular flexibility index (Phi) is 4.89. The molecule has 0 spiro atoms. The number of nitrogens with one attached hydrogen (secondary N) is 1. The van der Waals surface area contributed by atoms with Crippen LogP contribution in [0.15, 0.2) is 54.0 Å². The minimum atomic E-state index is -0.0191. The van der Waals surface area contributed by atoms with Gasteiger partial charge in [-0.3, -0.25) is 4.79 Å². The van der Waals surface area contributed by atoms with E-state index in [9.17, 15) is 4.79 Å². The molecule has 3 aromatic rings. The quantitative estimate of drug-likeness (QED) is 0.714. The molecule has 1 aliphatic rings. The van der Waals surface area contributed by atoms with Gasteiger partial charge < -0.3 is 5.32 Å². The molecular weight excluding hydrogens is 342 g/mol. The Morgan fingerprint density at radius 1 is 1.15 bits per heavy atom. The van der Waals surface area contributed by atoms with Gasteiger partial charge in [-0.25, -0.2) is 4.68 Å². The van der Waals surface area contributed by atoms with Crippen molar-refractivity contribution in [2.45, 2.75) is 38.6 Å². The van der Waals surface area contributed by atoms with Crippen molar-refractivity contribution in [1.82, 2.24) is 15.1 Å². The van der Waals surface area contributed by atoms with Crippen molar-refractivity contribution in [2.24, 2.45) is 5.92 Å². The van der Waals surface area contributed by atoms with Crippen LogP contribution >= 0.6 is 11.3 Å². The minimum absolute atomic E-state index is 0.0191. The van der Waals surface area contributed by atoms with E-state index in [1.165, 1.54) is 19.3 Å². The lowest BCUT2D eigenvalue weighted by molar-refractivity contribution is 0.0911. The first kappa shape index (κ1) is 17.0. The van der Waals surface area contributed by atoms with Gasteiger partial charge >= 0.3 is 0 Å². The van der Waals surface area contributed by atoms with Gasteiger partial charge in [0.05, 0.1) is 16.1 Å². The molecular formula is C21H23N3OS. The maximum atomic E-state index is 13.1. The van der Waals surface area contributed by atoms with E-state index in [1.807, 2.05) is 54.0 Å². The zero-order valence-corrected chi connectivity index (χ0v) is 15.7. The molecule has 1 fully saturated rings. The van der Waals surface area contributed by atoms with Crippen LogP contribution in [-0.2, 0) is 0 Å². The van der Waals surface area contributed by atoms with E-state index in [1.54, 1.807) is 16.0 Å². The lowest BCUT2D eigenvalue weighted by Crippen LogP contribution is -2.41. The van der Waals surface area contributed by atoms with Crippen LogP contribution in [0.4, 0.5) is 0 Å². The fourth-order valence-corrected chi connectivity index (χ4v) is 4.35. The van der Waals surface area contributed by atoms with Crippen LogP contribution in [-0.4, -0.2) is 21.7 Å². The molecule has 1 N–H and O–H groups in total. The Bertz CT molecular complexity index is 870. The van der Waals surface area contributed by atoms with Gasteiger partial charge in [0, 0.05) is 12.2 Å². The highest BCUT2D eigenvalue weighted by Gasteiger charge is 2.26. The van der Waals surface area contributed by atoms with Crippen molar-refractivity contribution < 1.29 is 4.79 Å². The molecule has 5 heteroatoms. The number of aromatic nitrogens is 2. The van der Waals surface area contributed by atoms with Crippen LogP contribution in [0, 0.1) is 5.92 Å². The second kappa shape index (κ2) is 7.46. The Morgan fingerprint density at radius 2 is 1.96 bits per heavy atom. The molecule has 2 aromatic heterocycles. The minimum Gasteiger partial charge on any atom is -0.349 e. The SMILES string of the molecule is C[C@@H]1CCCC[C@@H]1NC(=O)c1cn(-c2ccccc2)nc1-c1cccs1. The average Bonchev–Trinajstić information content (AvgIpc) is 3.34. The van der Waals surface area contributed by atoms with E-state index in [2.05, 4.69) is 12.2 Å². The van der Waals surface area contributed by atoms with E-state index < -0.39 is 0 Å². The number of benzene rings is 1. The van der Waals surface area contributed by atoms with Gasteiger partial charge in [0.2, 0.25) is 0 Å². The molecule has 1 saturated carbocycles. The maximum absolute atomic E-state index is 13.1. The lowest BCUT2D eigenvalue weighted by Gasteiger charge is -2.29. The van der Waals surface area contributed by atoms with Gasteiger partial charge in [-0.15, -0.1) is 11.3 Å². The number of hydrogen-bond donors (Lipinski definition) is 1. The molecule has 26 heavy (non-hydrogen) atoms. The van der Waals surface area contributed by atoms with Crippen LogP contribution in [0.2, 0.25) is 0 Å². The van der Waals surface area contributed by atoms with Crippen molar-refractivity contribution in [3.05, 3.63) is 59.6 Å². The third-order valence-corrected chi connectivity index (χ3v) is 6.04. The van der Waals surface area contributed by atoms with Gasteiger partial charge in [-0.2, -0.15) is 5.10 Å². The molecule has 0 radical (unpaired) electrons. The second-order valence-corrected chi connectivity index (χ2v) is 7.94. The molecule has 2 atom stereocenters. The van der Waals surface area contributed by atoms with E-state index in [0.717, 1.165) is 22.7 Å². The summed E-state index contributed by atoms with van der Waals surface area (Å²) in [7, 11) is 0. The van der Waals surface area contributed by atoms with E-state index in [-0.39, 0.29) is 11.9 Å². The lowest BCUT2D eigenvalue weighted by atomic mass is 9.86. The molecule has 1 amide bonds. The Labute approximate surface area is 157 Å². The summed E-state index contributed by atoms with van der Waals surface area (Å²) in [6.07, 6.45) is 6.56. The predicted molar refractivity (Wildman–Crippen MR) is 106 cm³/mol. The summed E-state index contributed by atoms with van der Waals surface area (Å²) in [6, 6.07) is 14.2. The standard InChI is InChI=1S/C21H23N3OS/c1-15-8-5-6-11-18(15)22-21(25)17-14-24(16-9-3-2-4-10-16)23-20(17)19-12-7-13-26-19/h2-4,7,9-10,12-15,18H,5-6,8,11H2,1H3,(H,22,25)/t15-,18+/m1/s1. The first-order valence-corrected chi connectivity index (χ1v) is 10.1. The molecule has 4 nitrogen and oxygen atoms in total. The Hall–Kier alpha value is -2.40. The van der Waals surface area contributed by atoms with Crippen molar-refractivity contribution in [3.63, 3.8) is 0 Å². The monoisotopic (exact) mass is 365 g/mol. The smallest absolute Gasteiger partial charge is 0.255 e. The first-order valence-electron chi connectivity index (χ1n) is 9.22. The van der Waals surface area contributed by atoms with Crippen molar-refractivity contribution >= 4 is 17.2 Å². The fraction of sp³-hybridized carbons (Fsp3) is 0.333. The van der Waals surface area contributed by atoms with Crippen molar-refractivity contribution in [2.75, 3.05) is 0 Å². The number of thiophene rings is 1. The van der Waals surface area contributed by atoms with Gasteiger partial charge in [0.25, 0.3) is 5.91 Å².